The Morgan fingerprint density at radius 1 is 1.33 bits per heavy atom. The van der Waals surface area contributed by atoms with Crippen LogP contribution in [0.2, 0.25) is 0 Å². The van der Waals surface area contributed by atoms with Crippen LogP contribution in [0.25, 0.3) is 10.8 Å². The summed E-state index contributed by atoms with van der Waals surface area (Å²) >= 11 is 1.51. The largest absolute Gasteiger partial charge is 0.418 e. The van der Waals surface area contributed by atoms with Crippen molar-refractivity contribution in [1.29, 1.82) is 0 Å². The minimum absolute atomic E-state index is 0.245. The van der Waals surface area contributed by atoms with E-state index < -0.39 is 16.1 Å². The summed E-state index contributed by atoms with van der Waals surface area (Å²) in [4.78, 5) is 1.12. The second-order valence-corrected chi connectivity index (χ2v) is 9.29. The van der Waals surface area contributed by atoms with Crippen molar-refractivity contribution in [2.45, 2.75) is 50.6 Å². The SMILES string of the molecule is CCn1cc(S(=O)(=O)N2CCCCC2c2nnc(-c3cccs3)o2)c(C)n1. The lowest BCUT2D eigenvalue weighted by Gasteiger charge is -2.32. The molecular formula is C17H21N5O3S2. The molecule has 1 aliphatic heterocycles. The Morgan fingerprint density at radius 2 is 2.19 bits per heavy atom. The van der Waals surface area contributed by atoms with Crippen molar-refractivity contribution < 1.29 is 12.8 Å². The predicted molar refractivity (Wildman–Crippen MR) is 101 cm³/mol. The minimum Gasteiger partial charge on any atom is -0.418 e. The van der Waals surface area contributed by atoms with Crippen LogP contribution in [0.15, 0.2) is 33.0 Å². The smallest absolute Gasteiger partial charge is 0.257 e. The van der Waals surface area contributed by atoms with Gasteiger partial charge in [0.15, 0.2) is 0 Å². The van der Waals surface area contributed by atoms with Gasteiger partial charge in [0, 0.05) is 19.3 Å². The Hall–Kier alpha value is -2.04. The minimum atomic E-state index is -3.70. The number of rotatable bonds is 5. The van der Waals surface area contributed by atoms with E-state index in [1.54, 1.807) is 17.8 Å². The van der Waals surface area contributed by atoms with Crippen molar-refractivity contribution in [3.63, 3.8) is 0 Å². The zero-order valence-electron chi connectivity index (χ0n) is 15.2. The molecule has 1 fully saturated rings. The molecule has 4 heterocycles. The third kappa shape index (κ3) is 3.32. The summed E-state index contributed by atoms with van der Waals surface area (Å²) in [6.45, 7) is 4.70. The average molecular weight is 408 g/mol. The van der Waals surface area contributed by atoms with Crippen LogP contribution in [0, 0.1) is 6.92 Å². The number of sulfonamides is 1. The fourth-order valence-electron chi connectivity index (χ4n) is 3.35. The number of hydrogen-bond acceptors (Lipinski definition) is 7. The highest BCUT2D eigenvalue weighted by atomic mass is 32.2. The fourth-order valence-corrected chi connectivity index (χ4v) is 5.82. The van der Waals surface area contributed by atoms with Crippen LogP contribution in [0.4, 0.5) is 0 Å². The summed E-state index contributed by atoms with van der Waals surface area (Å²) in [5, 5.41) is 14.5. The third-order valence-corrected chi connectivity index (χ3v) is 7.59. The highest BCUT2D eigenvalue weighted by molar-refractivity contribution is 7.89. The van der Waals surface area contributed by atoms with Crippen LogP contribution in [0.3, 0.4) is 0 Å². The molecule has 3 aromatic heterocycles. The summed E-state index contributed by atoms with van der Waals surface area (Å²) in [5.74, 6) is 0.778. The molecule has 0 aromatic carbocycles. The molecule has 144 valence electrons. The van der Waals surface area contributed by atoms with Crippen molar-refractivity contribution in [2.24, 2.45) is 0 Å². The number of piperidine rings is 1. The molecule has 8 nitrogen and oxygen atoms in total. The molecule has 0 bridgehead atoms. The van der Waals surface area contributed by atoms with Gasteiger partial charge in [-0.15, -0.1) is 21.5 Å². The predicted octanol–water partition coefficient (Wildman–Crippen LogP) is 3.24. The van der Waals surface area contributed by atoms with E-state index in [1.807, 2.05) is 24.4 Å². The zero-order valence-corrected chi connectivity index (χ0v) is 16.8. The van der Waals surface area contributed by atoms with Gasteiger partial charge in [0.25, 0.3) is 5.89 Å². The molecule has 1 atom stereocenters. The Kier molecular flexibility index (Phi) is 4.87. The van der Waals surface area contributed by atoms with Gasteiger partial charge in [-0.05, 0) is 38.1 Å². The summed E-state index contributed by atoms with van der Waals surface area (Å²) in [6.07, 6.45) is 3.98. The van der Waals surface area contributed by atoms with Gasteiger partial charge in [0.2, 0.25) is 15.9 Å². The first kappa shape index (κ1) is 18.3. The van der Waals surface area contributed by atoms with Gasteiger partial charge in [-0.3, -0.25) is 4.68 Å². The summed E-state index contributed by atoms with van der Waals surface area (Å²) in [6, 6.07) is 3.37. The lowest BCUT2D eigenvalue weighted by atomic mass is 10.1. The molecule has 0 amide bonds. The first-order valence-corrected chi connectivity index (χ1v) is 11.3. The van der Waals surface area contributed by atoms with E-state index in [0.29, 0.717) is 37.0 Å². The third-order valence-electron chi connectivity index (χ3n) is 4.72. The maximum absolute atomic E-state index is 13.3. The number of hydrogen-bond donors (Lipinski definition) is 0. The molecule has 10 heteroatoms. The lowest BCUT2D eigenvalue weighted by Crippen LogP contribution is -2.38. The number of thiophene rings is 1. The molecular weight excluding hydrogens is 386 g/mol. The van der Waals surface area contributed by atoms with Crippen molar-refractivity contribution in [3.8, 4) is 10.8 Å². The van der Waals surface area contributed by atoms with Crippen LogP contribution >= 0.6 is 11.3 Å². The molecule has 27 heavy (non-hydrogen) atoms. The second kappa shape index (κ2) is 7.17. The molecule has 0 aliphatic carbocycles. The standard InChI is InChI=1S/C17H21N5O3S2/c1-3-21-11-15(12(2)20-21)27(23,24)22-9-5-4-7-13(22)16-18-19-17(25-16)14-8-6-10-26-14/h6,8,10-11,13H,3-5,7,9H2,1-2H3. The van der Waals surface area contributed by atoms with E-state index in [0.717, 1.165) is 17.7 Å². The Morgan fingerprint density at radius 3 is 2.89 bits per heavy atom. The normalized spacial score (nSPS) is 18.8. The number of nitrogens with zero attached hydrogens (tertiary/aromatic N) is 5. The first-order chi connectivity index (χ1) is 13.0. The average Bonchev–Trinajstić information content (AvgIpc) is 3.41. The highest BCUT2D eigenvalue weighted by Gasteiger charge is 2.39. The highest BCUT2D eigenvalue weighted by Crippen LogP contribution is 2.36. The molecule has 0 saturated carbocycles. The summed E-state index contributed by atoms with van der Waals surface area (Å²) < 4.78 is 35.7. The molecule has 1 aliphatic rings. The maximum atomic E-state index is 13.3. The molecule has 0 spiro atoms. The fraction of sp³-hybridized carbons (Fsp3) is 0.471. The van der Waals surface area contributed by atoms with Crippen LogP contribution in [-0.2, 0) is 16.6 Å². The van der Waals surface area contributed by atoms with E-state index in [9.17, 15) is 8.42 Å². The van der Waals surface area contributed by atoms with Crippen LogP contribution in [0.5, 0.6) is 0 Å². The van der Waals surface area contributed by atoms with Crippen LogP contribution < -0.4 is 0 Å². The molecule has 0 radical (unpaired) electrons. The zero-order chi connectivity index (χ0) is 19.0. The molecule has 3 aromatic rings. The molecule has 1 unspecified atom stereocenters. The molecule has 4 rings (SSSR count). The summed E-state index contributed by atoms with van der Waals surface area (Å²) in [5.41, 5.74) is 0.506. The van der Waals surface area contributed by atoms with Crippen LogP contribution in [-0.4, -0.2) is 39.2 Å². The van der Waals surface area contributed by atoms with Gasteiger partial charge in [0.05, 0.1) is 10.6 Å². The van der Waals surface area contributed by atoms with Crippen molar-refractivity contribution in [2.75, 3.05) is 6.54 Å². The van der Waals surface area contributed by atoms with Crippen LogP contribution in [0.1, 0.15) is 43.8 Å². The Balaban J connectivity index is 1.69. The first-order valence-electron chi connectivity index (χ1n) is 8.94. The van der Waals surface area contributed by atoms with Gasteiger partial charge < -0.3 is 4.42 Å². The monoisotopic (exact) mass is 407 g/mol. The maximum Gasteiger partial charge on any atom is 0.257 e. The van der Waals surface area contributed by atoms with E-state index in [4.69, 9.17) is 4.42 Å². The van der Waals surface area contributed by atoms with Crippen molar-refractivity contribution >= 4 is 21.4 Å². The van der Waals surface area contributed by atoms with E-state index in [1.165, 1.54) is 15.6 Å². The summed E-state index contributed by atoms with van der Waals surface area (Å²) in [7, 11) is -3.70. The number of aryl methyl sites for hydroxylation is 2. The molecule has 1 saturated heterocycles. The van der Waals surface area contributed by atoms with Gasteiger partial charge >= 0.3 is 0 Å². The molecule has 0 N–H and O–H groups in total. The number of aromatic nitrogens is 4. The van der Waals surface area contributed by atoms with Gasteiger partial charge in [-0.2, -0.15) is 9.40 Å². The Bertz CT molecular complexity index is 1020. The quantitative estimate of drug-likeness (QED) is 0.644. The lowest BCUT2D eigenvalue weighted by molar-refractivity contribution is 0.220. The van der Waals surface area contributed by atoms with Gasteiger partial charge in [0.1, 0.15) is 10.9 Å². The van der Waals surface area contributed by atoms with E-state index in [-0.39, 0.29) is 4.90 Å². The second-order valence-electron chi connectivity index (χ2n) is 6.48. The van der Waals surface area contributed by atoms with Gasteiger partial charge in [-0.1, -0.05) is 12.5 Å². The van der Waals surface area contributed by atoms with Crippen molar-refractivity contribution in [1.82, 2.24) is 24.3 Å². The van der Waals surface area contributed by atoms with E-state index >= 15 is 0 Å². The Labute approximate surface area is 161 Å². The van der Waals surface area contributed by atoms with E-state index in [2.05, 4.69) is 15.3 Å². The van der Waals surface area contributed by atoms with Gasteiger partial charge in [-0.25, -0.2) is 8.42 Å². The van der Waals surface area contributed by atoms with Crippen molar-refractivity contribution in [3.05, 3.63) is 35.3 Å². The topological polar surface area (TPSA) is 94.1 Å².